The Bertz CT molecular complexity index is 664. The average Bonchev–Trinajstić information content (AvgIpc) is 2.96. The average molecular weight is 312 g/mol. The van der Waals surface area contributed by atoms with Crippen LogP contribution in [0.1, 0.15) is 17.9 Å². The molecule has 0 bridgehead atoms. The minimum absolute atomic E-state index is 0.0123. The molecule has 0 spiro atoms. The van der Waals surface area contributed by atoms with Crippen LogP contribution in [0.2, 0.25) is 0 Å². The number of amides is 1. The van der Waals surface area contributed by atoms with E-state index in [9.17, 15) is 4.79 Å². The second-order valence-electron chi connectivity index (χ2n) is 5.55. The third-order valence-corrected chi connectivity index (χ3v) is 3.85. The van der Waals surface area contributed by atoms with E-state index in [0.717, 1.165) is 37.6 Å². The van der Waals surface area contributed by atoms with Crippen LogP contribution in [0.3, 0.4) is 0 Å². The number of rotatable bonds is 3. The van der Waals surface area contributed by atoms with Gasteiger partial charge in [-0.25, -0.2) is 0 Å². The van der Waals surface area contributed by atoms with Crippen molar-refractivity contribution < 1.29 is 9.21 Å². The molecule has 0 aromatic carbocycles. The SMILES string of the molecule is Cc1ccc(N2CCCN(C(=O)/C=C/c3ccco3)CC2)nn1. The lowest BCUT2D eigenvalue weighted by atomic mass is 10.3. The smallest absolute Gasteiger partial charge is 0.246 e. The first-order chi connectivity index (χ1) is 11.2. The van der Waals surface area contributed by atoms with Gasteiger partial charge < -0.3 is 14.2 Å². The molecule has 0 aliphatic carbocycles. The summed E-state index contributed by atoms with van der Waals surface area (Å²) >= 11 is 0. The van der Waals surface area contributed by atoms with Crippen LogP contribution in [-0.2, 0) is 4.79 Å². The molecule has 1 fully saturated rings. The van der Waals surface area contributed by atoms with Gasteiger partial charge in [0, 0.05) is 32.3 Å². The topological polar surface area (TPSA) is 62.5 Å². The van der Waals surface area contributed by atoms with Crippen LogP contribution < -0.4 is 4.90 Å². The third kappa shape index (κ3) is 3.97. The minimum Gasteiger partial charge on any atom is -0.465 e. The Morgan fingerprint density at radius 1 is 1.17 bits per heavy atom. The molecule has 1 aliphatic rings. The molecule has 0 saturated carbocycles. The van der Waals surface area contributed by atoms with Crippen LogP contribution in [0.15, 0.2) is 41.0 Å². The molecule has 23 heavy (non-hydrogen) atoms. The van der Waals surface area contributed by atoms with Gasteiger partial charge in [0.15, 0.2) is 5.82 Å². The van der Waals surface area contributed by atoms with Crippen molar-refractivity contribution in [3.8, 4) is 0 Å². The molecule has 3 rings (SSSR count). The van der Waals surface area contributed by atoms with Crippen molar-refractivity contribution in [2.24, 2.45) is 0 Å². The fourth-order valence-corrected chi connectivity index (χ4v) is 2.57. The zero-order chi connectivity index (χ0) is 16.1. The van der Waals surface area contributed by atoms with Crippen LogP contribution in [0.25, 0.3) is 6.08 Å². The van der Waals surface area contributed by atoms with Gasteiger partial charge in [0.25, 0.3) is 0 Å². The van der Waals surface area contributed by atoms with Gasteiger partial charge in [-0.1, -0.05) is 0 Å². The highest BCUT2D eigenvalue weighted by Crippen LogP contribution is 2.13. The summed E-state index contributed by atoms with van der Waals surface area (Å²) in [6.07, 6.45) is 5.78. The monoisotopic (exact) mass is 312 g/mol. The van der Waals surface area contributed by atoms with E-state index in [1.165, 1.54) is 0 Å². The maximum atomic E-state index is 12.3. The van der Waals surface area contributed by atoms with Gasteiger partial charge >= 0.3 is 0 Å². The van der Waals surface area contributed by atoms with E-state index in [1.54, 1.807) is 24.5 Å². The number of anilines is 1. The highest BCUT2D eigenvalue weighted by atomic mass is 16.3. The predicted molar refractivity (Wildman–Crippen MR) is 87.9 cm³/mol. The number of carbonyl (C=O) groups excluding carboxylic acids is 1. The van der Waals surface area contributed by atoms with Crippen LogP contribution in [0.5, 0.6) is 0 Å². The van der Waals surface area contributed by atoms with Crippen LogP contribution >= 0.6 is 0 Å². The number of carbonyl (C=O) groups is 1. The summed E-state index contributed by atoms with van der Waals surface area (Å²) < 4.78 is 5.20. The first-order valence-corrected chi connectivity index (χ1v) is 7.78. The second kappa shape index (κ2) is 7.09. The standard InChI is InChI=1S/C17H20N4O2/c1-14-5-7-16(19-18-14)20-9-3-10-21(12-11-20)17(22)8-6-15-4-2-13-23-15/h2,4-8,13H,3,9-12H2,1H3/b8-6+. The molecule has 0 radical (unpaired) electrons. The van der Waals surface area contributed by atoms with Crippen molar-refractivity contribution in [1.29, 1.82) is 0 Å². The third-order valence-electron chi connectivity index (χ3n) is 3.85. The number of hydrogen-bond acceptors (Lipinski definition) is 5. The molecule has 2 aromatic rings. The normalized spacial score (nSPS) is 15.9. The van der Waals surface area contributed by atoms with E-state index in [0.29, 0.717) is 12.3 Å². The van der Waals surface area contributed by atoms with E-state index in [1.807, 2.05) is 30.0 Å². The summed E-state index contributed by atoms with van der Waals surface area (Å²) in [7, 11) is 0. The van der Waals surface area contributed by atoms with E-state index in [4.69, 9.17) is 4.42 Å². The van der Waals surface area contributed by atoms with Crippen molar-refractivity contribution in [3.63, 3.8) is 0 Å². The Morgan fingerprint density at radius 2 is 2.09 bits per heavy atom. The Kier molecular flexibility index (Phi) is 4.71. The predicted octanol–water partition coefficient (Wildman–Crippen LogP) is 2.13. The quantitative estimate of drug-likeness (QED) is 0.813. The van der Waals surface area contributed by atoms with Crippen molar-refractivity contribution in [3.05, 3.63) is 48.1 Å². The number of nitrogens with zero attached hydrogens (tertiary/aromatic N) is 4. The molecular formula is C17H20N4O2. The molecule has 1 aliphatic heterocycles. The molecule has 3 heterocycles. The summed E-state index contributed by atoms with van der Waals surface area (Å²) in [5.41, 5.74) is 0.906. The number of aryl methyl sites for hydroxylation is 1. The number of hydrogen-bond donors (Lipinski definition) is 0. The number of furan rings is 1. The fraction of sp³-hybridized carbons (Fsp3) is 0.353. The molecule has 2 aromatic heterocycles. The van der Waals surface area contributed by atoms with Gasteiger partial charge in [-0.2, -0.15) is 5.10 Å². The molecule has 0 atom stereocenters. The largest absolute Gasteiger partial charge is 0.465 e. The zero-order valence-electron chi connectivity index (χ0n) is 13.2. The Hall–Kier alpha value is -2.63. The summed E-state index contributed by atoms with van der Waals surface area (Å²) in [5.74, 6) is 1.57. The maximum absolute atomic E-state index is 12.3. The Labute approximate surface area is 135 Å². The van der Waals surface area contributed by atoms with Crippen molar-refractivity contribution in [2.45, 2.75) is 13.3 Å². The van der Waals surface area contributed by atoms with Gasteiger partial charge in [0.1, 0.15) is 5.76 Å². The van der Waals surface area contributed by atoms with Crippen molar-refractivity contribution in [1.82, 2.24) is 15.1 Å². The zero-order valence-corrected chi connectivity index (χ0v) is 13.2. The van der Waals surface area contributed by atoms with Crippen molar-refractivity contribution in [2.75, 3.05) is 31.1 Å². The molecule has 0 unspecified atom stereocenters. The highest BCUT2D eigenvalue weighted by Gasteiger charge is 2.18. The molecule has 6 heteroatoms. The van der Waals surface area contributed by atoms with Gasteiger partial charge in [-0.05, 0) is 43.7 Å². The van der Waals surface area contributed by atoms with E-state index in [-0.39, 0.29) is 5.91 Å². The van der Waals surface area contributed by atoms with Gasteiger partial charge in [-0.15, -0.1) is 5.10 Å². The van der Waals surface area contributed by atoms with E-state index < -0.39 is 0 Å². The Morgan fingerprint density at radius 3 is 2.83 bits per heavy atom. The lowest BCUT2D eigenvalue weighted by Crippen LogP contribution is -2.34. The van der Waals surface area contributed by atoms with Crippen LogP contribution in [0, 0.1) is 6.92 Å². The molecule has 6 nitrogen and oxygen atoms in total. The van der Waals surface area contributed by atoms with Crippen molar-refractivity contribution >= 4 is 17.8 Å². The van der Waals surface area contributed by atoms with Gasteiger partial charge in [0.2, 0.25) is 5.91 Å². The fourth-order valence-electron chi connectivity index (χ4n) is 2.57. The molecule has 0 N–H and O–H groups in total. The lowest BCUT2D eigenvalue weighted by Gasteiger charge is -2.21. The number of aromatic nitrogens is 2. The van der Waals surface area contributed by atoms with Crippen LogP contribution in [0.4, 0.5) is 5.82 Å². The maximum Gasteiger partial charge on any atom is 0.246 e. The van der Waals surface area contributed by atoms with E-state index in [2.05, 4.69) is 15.1 Å². The molecule has 1 saturated heterocycles. The van der Waals surface area contributed by atoms with Crippen LogP contribution in [-0.4, -0.2) is 47.2 Å². The Balaban J connectivity index is 1.59. The molecule has 1 amide bonds. The van der Waals surface area contributed by atoms with Gasteiger partial charge in [-0.3, -0.25) is 4.79 Å². The highest BCUT2D eigenvalue weighted by molar-refractivity contribution is 5.91. The first-order valence-electron chi connectivity index (χ1n) is 7.78. The molecular weight excluding hydrogens is 292 g/mol. The summed E-state index contributed by atoms with van der Waals surface area (Å²) in [6, 6.07) is 7.57. The second-order valence-corrected chi connectivity index (χ2v) is 5.55. The van der Waals surface area contributed by atoms with E-state index >= 15 is 0 Å². The lowest BCUT2D eigenvalue weighted by molar-refractivity contribution is -0.125. The minimum atomic E-state index is 0.0123. The summed E-state index contributed by atoms with van der Waals surface area (Å²) in [4.78, 5) is 16.3. The summed E-state index contributed by atoms with van der Waals surface area (Å²) in [6.45, 7) is 4.99. The first kappa shape index (κ1) is 15.3. The summed E-state index contributed by atoms with van der Waals surface area (Å²) in [5, 5.41) is 8.33. The molecule has 120 valence electrons. The van der Waals surface area contributed by atoms with Gasteiger partial charge in [0.05, 0.1) is 12.0 Å².